The minimum Gasteiger partial charge on any atom is -0.478 e. The number of anilines is 1. The predicted molar refractivity (Wildman–Crippen MR) is 78.0 cm³/mol. The number of hydrogen-bond donors (Lipinski definition) is 2. The Morgan fingerprint density at radius 3 is 2.59 bits per heavy atom. The van der Waals surface area contributed by atoms with E-state index in [1.165, 1.54) is 19.2 Å². The minimum atomic E-state index is -1.08. The number of aryl methyl sites for hydroxylation is 2. The van der Waals surface area contributed by atoms with Crippen LogP contribution in [-0.4, -0.2) is 29.2 Å². The first-order valence-electron chi connectivity index (χ1n) is 6.52. The van der Waals surface area contributed by atoms with Crippen LogP contribution in [0.4, 0.5) is 5.69 Å². The van der Waals surface area contributed by atoms with E-state index < -0.39 is 11.9 Å². The molecule has 0 saturated carbocycles. The molecule has 22 heavy (non-hydrogen) atoms. The number of aromatic nitrogens is 1. The van der Waals surface area contributed by atoms with Gasteiger partial charge in [-0.15, -0.1) is 0 Å². The summed E-state index contributed by atoms with van der Waals surface area (Å²) in [6.45, 7) is 3.55. The van der Waals surface area contributed by atoms with Gasteiger partial charge in [-0.05, 0) is 37.6 Å². The van der Waals surface area contributed by atoms with Crippen LogP contribution in [0.3, 0.4) is 0 Å². The van der Waals surface area contributed by atoms with Gasteiger partial charge in [0.1, 0.15) is 11.3 Å². The molecule has 0 saturated heterocycles. The molecular weight excluding hydrogens is 288 g/mol. The molecule has 0 radical (unpaired) electrons. The summed E-state index contributed by atoms with van der Waals surface area (Å²) < 4.78 is 9.96. The van der Waals surface area contributed by atoms with Gasteiger partial charge in [0, 0.05) is 12.8 Å². The van der Waals surface area contributed by atoms with E-state index in [-0.39, 0.29) is 12.2 Å². The van der Waals surface area contributed by atoms with Gasteiger partial charge in [0.15, 0.2) is 0 Å². The summed E-state index contributed by atoms with van der Waals surface area (Å²) in [5, 5.41) is 15.5. The Hall–Kier alpha value is -2.67. The number of rotatable bonds is 5. The van der Waals surface area contributed by atoms with Crippen molar-refractivity contribution in [3.05, 3.63) is 46.3 Å². The molecule has 7 nitrogen and oxygen atoms in total. The third kappa shape index (κ3) is 3.32. The van der Waals surface area contributed by atoms with Crippen molar-refractivity contribution in [3.63, 3.8) is 0 Å². The summed E-state index contributed by atoms with van der Waals surface area (Å²) in [4.78, 5) is 23.4. The summed E-state index contributed by atoms with van der Waals surface area (Å²) in [5.74, 6) is -1.07. The number of nitrogens with one attached hydrogen (secondary N) is 1. The summed E-state index contributed by atoms with van der Waals surface area (Å²) >= 11 is 0. The summed E-state index contributed by atoms with van der Waals surface area (Å²) in [5.41, 5.74) is 1.91. The second kappa shape index (κ2) is 6.40. The molecule has 1 aromatic heterocycles. The van der Waals surface area contributed by atoms with Crippen LogP contribution in [0.25, 0.3) is 0 Å². The van der Waals surface area contributed by atoms with Crippen molar-refractivity contribution < 1.29 is 24.0 Å². The number of aromatic carboxylic acids is 1. The fourth-order valence-corrected chi connectivity index (χ4v) is 2.14. The lowest BCUT2D eigenvalue weighted by atomic mass is 10.1. The highest BCUT2D eigenvalue weighted by Crippen LogP contribution is 2.19. The number of carbonyl (C=O) groups is 2. The average molecular weight is 304 g/mol. The van der Waals surface area contributed by atoms with Gasteiger partial charge >= 0.3 is 5.97 Å². The van der Waals surface area contributed by atoms with Crippen molar-refractivity contribution in [2.45, 2.75) is 20.5 Å². The van der Waals surface area contributed by atoms with E-state index in [9.17, 15) is 9.59 Å². The van der Waals surface area contributed by atoms with Crippen LogP contribution in [-0.2, 0) is 11.3 Å². The highest BCUT2D eigenvalue weighted by Gasteiger charge is 2.18. The average Bonchev–Trinajstić information content (AvgIpc) is 2.78. The molecule has 2 N–H and O–H groups in total. The first-order chi connectivity index (χ1) is 10.4. The third-order valence-corrected chi connectivity index (χ3v) is 3.07. The van der Waals surface area contributed by atoms with Crippen molar-refractivity contribution in [1.29, 1.82) is 0 Å². The Balaban J connectivity index is 2.32. The summed E-state index contributed by atoms with van der Waals surface area (Å²) in [6.07, 6.45) is 0. The van der Waals surface area contributed by atoms with Gasteiger partial charge in [-0.25, -0.2) is 4.79 Å². The van der Waals surface area contributed by atoms with Crippen LogP contribution < -0.4 is 5.32 Å². The normalized spacial score (nSPS) is 10.5. The molecule has 0 aliphatic rings. The first-order valence-corrected chi connectivity index (χ1v) is 6.52. The van der Waals surface area contributed by atoms with Crippen molar-refractivity contribution in [2.24, 2.45) is 0 Å². The number of nitrogens with zero attached hydrogens (tertiary/aromatic N) is 1. The molecular formula is C15H16N2O5. The van der Waals surface area contributed by atoms with E-state index in [1.54, 1.807) is 19.9 Å². The number of carboxylic acid groups (broad SMARTS) is 1. The Kier molecular flexibility index (Phi) is 4.57. The quantitative estimate of drug-likeness (QED) is 0.879. The zero-order chi connectivity index (χ0) is 16.3. The van der Waals surface area contributed by atoms with Gasteiger partial charge in [0.05, 0.1) is 17.9 Å². The van der Waals surface area contributed by atoms with E-state index in [4.69, 9.17) is 14.4 Å². The topological polar surface area (TPSA) is 102 Å². The van der Waals surface area contributed by atoms with Gasteiger partial charge in [0.25, 0.3) is 5.91 Å². The molecule has 1 amide bonds. The largest absolute Gasteiger partial charge is 0.478 e. The highest BCUT2D eigenvalue weighted by atomic mass is 16.5. The lowest BCUT2D eigenvalue weighted by Gasteiger charge is -2.09. The van der Waals surface area contributed by atoms with Gasteiger partial charge in [-0.3, -0.25) is 4.79 Å². The summed E-state index contributed by atoms with van der Waals surface area (Å²) in [7, 11) is 1.51. The smallest absolute Gasteiger partial charge is 0.335 e. The van der Waals surface area contributed by atoms with Gasteiger partial charge < -0.3 is 19.7 Å². The van der Waals surface area contributed by atoms with E-state index in [1.807, 2.05) is 0 Å². The zero-order valence-corrected chi connectivity index (χ0v) is 12.5. The first kappa shape index (κ1) is 15.7. The number of methoxy groups -OCH3 is 1. The number of carboxylic acids is 1. The van der Waals surface area contributed by atoms with Crippen molar-refractivity contribution in [3.8, 4) is 0 Å². The molecule has 0 atom stereocenters. The Bertz CT molecular complexity index is 701. The van der Waals surface area contributed by atoms with Gasteiger partial charge in [0.2, 0.25) is 0 Å². The molecule has 0 unspecified atom stereocenters. The molecule has 0 aliphatic carbocycles. The lowest BCUT2D eigenvalue weighted by molar-refractivity contribution is 0.0696. The van der Waals surface area contributed by atoms with Crippen molar-refractivity contribution in [2.75, 3.05) is 12.4 Å². The molecule has 0 aliphatic heterocycles. The standard InChI is InChI=1S/C15H16N2O5/c1-8-13(9(2)22-17-8)14(18)16-12-5-10(7-21-3)4-11(6-12)15(19)20/h4-6H,7H2,1-3H3,(H,16,18)(H,19,20). The second-order valence-electron chi connectivity index (χ2n) is 4.81. The molecule has 1 aromatic carbocycles. The SMILES string of the molecule is COCc1cc(NC(=O)c2c(C)noc2C)cc(C(=O)O)c1. The maximum absolute atomic E-state index is 12.3. The monoisotopic (exact) mass is 304 g/mol. The molecule has 0 bridgehead atoms. The predicted octanol–water partition coefficient (Wildman–Crippen LogP) is 2.39. The molecule has 7 heteroatoms. The fraction of sp³-hybridized carbons (Fsp3) is 0.267. The van der Waals surface area contributed by atoms with E-state index in [0.29, 0.717) is 28.3 Å². The van der Waals surface area contributed by atoms with E-state index >= 15 is 0 Å². The molecule has 116 valence electrons. The molecule has 0 fully saturated rings. The van der Waals surface area contributed by atoms with E-state index in [0.717, 1.165) is 0 Å². The number of benzene rings is 1. The molecule has 2 aromatic rings. The Morgan fingerprint density at radius 1 is 1.32 bits per heavy atom. The Morgan fingerprint density at radius 2 is 2.05 bits per heavy atom. The molecule has 0 spiro atoms. The van der Waals surface area contributed by atoms with Crippen LogP contribution in [0.1, 0.15) is 37.7 Å². The number of amides is 1. The van der Waals surface area contributed by atoms with Crippen LogP contribution in [0, 0.1) is 13.8 Å². The zero-order valence-electron chi connectivity index (χ0n) is 12.5. The second-order valence-corrected chi connectivity index (χ2v) is 4.81. The van der Waals surface area contributed by atoms with Gasteiger partial charge in [-0.2, -0.15) is 0 Å². The third-order valence-electron chi connectivity index (χ3n) is 3.07. The fourth-order valence-electron chi connectivity index (χ4n) is 2.14. The number of carbonyl (C=O) groups excluding carboxylic acids is 1. The molecule has 1 heterocycles. The maximum atomic E-state index is 12.3. The Labute approximate surface area is 126 Å². The van der Waals surface area contributed by atoms with Gasteiger partial charge in [-0.1, -0.05) is 5.16 Å². The van der Waals surface area contributed by atoms with Crippen molar-refractivity contribution >= 4 is 17.6 Å². The lowest BCUT2D eigenvalue weighted by Crippen LogP contribution is -2.14. The van der Waals surface area contributed by atoms with Crippen LogP contribution in [0.15, 0.2) is 22.7 Å². The van der Waals surface area contributed by atoms with Crippen LogP contribution >= 0.6 is 0 Å². The number of ether oxygens (including phenoxy) is 1. The van der Waals surface area contributed by atoms with E-state index in [2.05, 4.69) is 10.5 Å². The van der Waals surface area contributed by atoms with Crippen LogP contribution in [0.5, 0.6) is 0 Å². The maximum Gasteiger partial charge on any atom is 0.335 e. The number of hydrogen-bond acceptors (Lipinski definition) is 5. The van der Waals surface area contributed by atoms with Crippen molar-refractivity contribution in [1.82, 2.24) is 5.16 Å². The molecule has 2 rings (SSSR count). The minimum absolute atomic E-state index is 0.0728. The summed E-state index contributed by atoms with van der Waals surface area (Å²) in [6, 6.07) is 4.54. The highest BCUT2D eigenvalue weighted by molar-refractivity contribution is 6.06. The van der Waals surface area contributed by atoms with Crippen LogP contribution in [0.2, 0.25) is 0 Å².